The molecule has 0 saturated heterocycles. The predicted octanol–water partition coefficient (Wildman–Crippen LogP) is 2.81. The lowest BCUT2D eigenvalue weighted by Crippen LogP contribution is -2.32. The molecule has 0 aromatic heterocycles. The number of halogens is 3. The van der Waals surface area contributed by atoms with Crippen molar-refractivity contribution in [1.82, 2.24) is 5.32 Å². The van der Waals surface area contributed by atoms with E-state index in [4.69, 9.17) is 5.73 Å². The minimum Gasteiger partial charge on any atom is -0.338 e. The number of hydrogen-bond donors (Lipinski definition) is 3. The minimum atomic E-state index is -4.38. The van der Waals surface area contributed by atoms with Crippen LogP contribution in [0.5, 0.6) is 0 Å². The van der Waals surface area contributed by atoms with Crippen LogP contribution in [0.1, 0.15) is 18.9 Å². The van der Waals surface area contributed by atoms with Gasteiger partial charge in [0.25, 0.3) is 0 Å². The molecule has 20 heavy (non-hydrogen) atoms. The summed E-state index contributed by atoms with van der Waals surface area (Å²) in [5.74, 6) is 0.248. The maximum absolute atomic E-state index is 12.4. The normalized spacial score (nSPS) is 12.8. The van der Waals surface area contributed by atoms with Gasteiger partial charge in [-0.25, -0.2) is 4.79 Å². The van der Waals surface area contributed by atoms with Crippen LogP contribution in [-0.2, 0) is 6.18 Å². The van der Waals surface area contributed by atoms with Crippen LogP contribution < -0.4 is 16.4 Å². The van der Waals surface area contributed by atoms with Crippen molar-refractivity contribution in [2.24, 2.45) is 11.7 Å². The number of carbonyl (C=O) groups is 1. The number of urea groups is 1. The molecule has 4 nitrogen and oxygen atoms in total. The summed E-state index contributed by atoms with van der Waals surface area (Å²) in [6.45, 7) is 2.96. The molecule has 1 aromatic carbocycles. The Kier molecular flexibility index (Phi) is 5.82. The van der Waals surface area contributed by atoms with Crippen molar-refractivity contribution in [3.05, 3.63) is 29.8 Å². The van der Waals surface area contributed by atoms with Gasteiger partial charge in [-0.15, -0.1) is 0 Å². The summed E-state index contributed by atoms with van der Waals surface area (Å²) in [4.78, 5) is 11.5. The molecule has 1 unspecified atom stereocenters. The van der Waals surface area contributed by atoms with Crippen LogP contribution in [0.3, 0.4) is 0 Å². The van der Waals surface area contributed by atoms with Crippen molar-refractivity contribution in [1.29, 1.82) is 0 Å². The molecule has 0 aliphatic heterocycles. The van der Waals surface area contributed by atoms with E-state index in [1.54, 1.807) is 0 Å². The molecule has 0 spiro atoms. The Morgan fingerprint density at radius 1 is 1.30 bits per heavy atom. The third kappa shape index (κ3) is 5.48. The van der Waals surface area contributed by atoms with Gasteiger partial charge in [0.2, 0.25) is 0 Å². The molecule has 0 heterocycles. The Labute approximate surface area is 115 Å². The monoisotopic (exact) mass is 289 g/mol. The van der Waals surface area contributed by atoms with E-state index in [1.807, 2.05) is 6.92 Å². The first kappa shape index (κ1) is 16.3. The first-order valence-corrected chi connectivity index (χ1v) is 6.25. The fourth-order valence-corrected chi connectivity index (χ4v) is 1.57. The van der Waals surface area contributed by atoms with Crippen LogP contribution in [0.2, 0.25) is 0 Å². The zero-order valence-corrected chi connectivity index (χ0v) is 11.1. The van der Waals surface area contributed by atoms with Gasteiger partial charge in [-0.3, -0.25) is 0 Å². The lowest BCUT2D eigenvalue weighted by Gasteiger charge is -2.13. The van der Waals surface area contributed by atoms with Gasteiger partial charge >= 0.3 is 12.2 Å². The molecule has 1 aromatic rings. The van der Waals surface area contributed by atoms with Gasteiger partial charge in [-0.2, -0.15) is 13.2 Å². The molecule has 0 radical (unpaired) electrons. The number of alkyl halides is 3. The SMILES string of the molecule is CC(CCN)CNC(=O)Nc1ccc(C(F)(F)F)cc1. The Bertz CT molecular complexity index is 431. The van der Waals surface area contributed by atoms with Crippen LogP contribution in [0.25, 0.3) is 0 Å². The Morgan fingerprint density at radius 3 is 2.40 bits per heavy atom. The Balaban J connectivity index is 2.46. The smallest absolute Gasteiger partial charge is 0.338 e. The van der Waals surface area contributed by atoms with Crippen molar-refractivity contribution in [3.8, 4) is 0 Å². The third-order valence-electron chi connectivity index (χ3n) is 2.74. The minimum absolute atomic E-state index is 0.248. The summed E-state index contributed by atoms with van der Waals surface area (Å²) in [5, 5.41) is 5.10. The summed E-state index contributed by atoms with van der Waals surface area (Å²) in [6, 6.07) is 3.82. The highest BCUT2D eigenvalue weighted by Gasteiger charge is 2.29. The number of carbonyl (C=O) groups excluding carboxylic acids is 1. The highest BCUT2D eigenvalue weighted by atomic mass is 19.4. The molecular formula is C13H18F3N3O. The van der Waals surface area contributed by atoms with Crippen molar-refractivity contribution < 1.29 is 18.0 Å². The van der Waals surface area contributed by atoms with E-state index in [9.17, 15) is 18.0 Å². The molecule has 4 N–H and O–H groups in total. The fraction of sp³-hybridized carbons (Fsp3) is 0.462. The number of amides is 2. The number of hydrogen-bond acceptors (Lipinski definition) is 2. The number of nitrogens with two attached hydrogens (primary N) is 1. The third-order valence-corrected chi connectivity index (χ3v) is 2.74. The second kappa shape index (κ2) is 7.14. The second-order valence-electron chi connectivity index (χ2n) is 4.59. The molecule has 1 atom stereocenters. The lowest BCUT2D eigenvalue weighted by molar-refractivity contribution is -0.137. The number of rotatable bonds is 5. The Hall–Kier alpha value is -1.76. The molecule has 0 bridgehead atoms. The average Bonchev–Trinajstić information content (AvgIpc) is 2.36. The summed E-state index contributed by atoms with van der Waals surface area (Å²) in [7, 11) is 0. The van der Waals surface area contributed by atoms with Crippen LogP contribution in [0.4, 0.5) is 23.7 Å². The molecule has 2 amide bonds. The zero-order valence-electron chi connectivity index (χ0n) is 11.1. The highest BCUT2D eigenvalue weighted by Crippen LogP contribution is 2.29. The first-order valence-electron chi connectivity index (χ1n) is 6.25. The number of nitrogens with one attached hydrogen (secondary N) is 2. The largest absolute Gasteiger partial charge is 0.416 e. The van der Waals surface area contributed by atoms with Crippen LogP contribution in [0.15, 0.2) is 24.3 Å². The van der Waals surface area contributed by atoms with Gasteiger partial charge in [-0.05, 0) is 43.1 Å². The summed E-state index contributed by atoms with van der Waals surface area (Å²) in [6.07, 6.45) is -3.58. The summed E-state index contributed by atoms with van der Waals surface area (Å²) in [5.41, 5.74) is 4.95. The van der Waals surface area contributed by atoms with Crippen molar-refractivity contribution >= 4 is 11.7 Å². The molecule has 0 fully saturated rings. The molecule has 1 rings (SSSR count). The van der Waals surface area contributed by atoms with Gasteiger partial charge in [0, 0.05) is 12.2 Å². The topological polar surface area (TPSA) is 67.1 Å². The number of anilines is 1. The predicted molar refractivity (Wildman–Crippen MR) is 71.3 cm³/mol. The second-order valence-corrected chi connectivity index (χ2v) is 4.59. The number of benzene rings is 1. The summed E-state index contributed by atoms with van der Waals surface area (Å²) >= 11 is 0. The van der Waals surface area contributed by atoms with Gasteiger partial charge < -0.3 is 16.4 Å². The van der Waals surface area contributed by atoms with Crippen LogP contribution in [-0.4, -0.2) is 19.1 Å². The maximum Gasteiger partial charge on any atom is 0.416 e. The van der Waals surface area contributed by atoms with Gasteiger partial charge in [-0.1, -0.05) is 6.92 Å². The van der Waals surface area contributed by atoms with E-state index < -0.39 is 17.8 Å². The molecule has 7 heteroatoms. The van der Waals surface area contributed by atoms with E-state index in [2.05, 4.69) is 10.6 Å². The van der Waals surface area contributed by atoms with E-state index in [0.717, 1.165) is 18.6 Å². The van der Waals surface area contributed by atoms with E-state index in [-0.39, 0.29) is 5.92 Å². The van der Waals surface area contributed by atoms with E-state index >= 15 is 0 Å². The molecule has 0 saturated carbocycles. The van der Waals surface area contributed by atoms with Gasteiger partial charge in [0.15, 0.2) is 0 Å². The van der Waals surface area contributed by atoms with Gasteiger partial charge in [0.1, 0.15) is 0 Å². The zero-order chi connectivity index (χ0) is 15.2. The van der Waals surface area contributed by atoms with Gasteiger partial charge in [0.05, 0.1) is 5.56 Å². The summed E-state index contributed by atoms with van der Waals surface area (Å²) < 4.78 is 37.1. The van der Waals surface area contributed by atoms with Crippen LogP contribution >= 0.6 is 0 Å². The molecule has 0 aliphatic carbocycles. The Morgan fingerprint density at radius 2 is 1.90 bits per heavy atom. The quantitative estimate of drug-likeness (QED) is 0.780. The molecule has 112 valence electrons. The first-order chi connectivity index (χ1) is 9.32. The van der Waals surface area contributed by atoms with Crippen molar-refractivity contribution in [3.63, 3.8) is 0 Å². The van der Waals surface area contributed by atoms with Crippen molar-refractivity contribution in [2.75, 3.05) is 18.4 Å². The standard InChI is InChI=1S/C13H18F3N3O/c1-9(6-7-17)8-18-12(20)19-11-4-2-10(3-5-11)13(14,15)16/h2-5,9H,6-8,17H2,1H3,(H2,18,19,20). The van der Waals surface area contributed by atoms with E-state index in [0.29, 0.717) is 18.8 Å². The fourth-order valence-electron chi connectivity index (χ4n) is 1.57. The molecular weight excluding hydrogens is 271 g/mol. The highest BCUT2D eigenvalue weighted by molar-refractivity contribution is 5.89. The molecule has 0 aliphatic rings. The van der Waals surface area contributed by atoms with Crippen LogP contribution in [0, 0.1) is 5.92 Å². The average molecular weight is 289 g/mol. The van der Waals surface area contributed by atoms with Crippen molar-refractivity contribution in [2.45, 2.75) is 19.5 Å². The maximum atomic E-state index is 12.4. The lowest BCUT2D eigenvalue weighted by atomic mass is 10.1. The van der Waals surface area contributed by atoms with E-state index in [1.165, 1.54) is 12.1 Å².